The van der Waals surface area contributed by atoms with E-state index in [1.54, 1.807) is 18.2 Å². The van der Waals surface area contributed by atoms with Crippen LogP contribution >= 0.6 is 0 Å². The van der Waals surface area contributed by atoms with Gasteiger partial charge in [0.05, 0.1) is 7.11 Å². The number of ether oxygens (including phenoxy) is 1. The highest BCUT2D eigenvalue weighted by molar-refractivity contribution is 5.75. The summed E-state index contributed by atoms with van der Waals surface area (Å²) in [6, 6.07) is 5.08. The number of carbonyl (C=O) groups is 1. The minimum atomic E-state index is 0.0351. The fourth-order valence-electron chi connectivity index (χ4n) is 3.06. The Hall–Kier alpha value is -2.75. The van der Waals surface area contributed by atoms with E-state index in [0.29, 0.717) is 18.7 Å². The molecule has 2 N–H and O–H groups in total. The van der Waals surface area contributed by atoms with Gasteiger partial charge in [0.2, 0.25) is 5.91 Å². The van der Waals surface area contributed by atoms with Gasteiger partial charge < -0.3 is 15.2 Å². The second-order valence-corrected chi connectivity index (χ2v) is 7.76. The maximum atomic E-state index is 12.0. The Bertz CT molecular complexity index is 747. The van der Waals surface area contributed by atoms with Gasteiger partial charge in [-0.3, -0.25) is 4.79 Å². The fraction of sp³-hybridized carbons (Fsp3) is 0.464. The molecule has 32 heavy (non-hydrogen) atoms. The van der Waals surface area contributed by atoms with Gasteiger partial charge >= 0.3 is 0 Å². The molecule has 0 spiro atoms. The van der Waals surface area contributed by atoms with Crippen molar-refractivity contribution in [2.45, 2.75) is 77.7 Å². The Morgan fingerprint density at radius 2 is 1.50 bits per heavy atom. The van der Waals surface area contributed by atoms with Crippen molar-refractivity contribution in [3.8, 4) is 11.5 Å². The van der Waals surface area contributed by atoms with Crippen LogP contribution in [0.25, 0.3) is 0 Å². The van der Waals surface area contributed by atoms with Crippen molar-refractivity contribution in [3.63, 3.8) is 0 Å². The van der Waals surface area contributed by atoms with E-state index in [9.17, 15) is 9.90 Å². The average molecular weight is 440 g/mol. The van der Waals surface area contributed by atoms with Crippen LogP contribution in [0.1, 0.15) is 76.7 Å². The highest BCUT2D eigenvalue weighted by Crippen LogP contribution is 2.26. The molecule has 0 aliphatic heterocycles. The number of aromatic hydroxyl groups is 1. The minimum Gasteiger partial charge on any atom is -0.504 e. The van der Waals surface area contributed by atoms with Crippen molar-refractivity contribution in [1.29, 1.82) is 0 Å². The first-order valence-corrected chi connectivity index (χ1v) is 11.9. The number of hydrogen-bond acceptors (Lipinski definition) is 3. The Morgan fingerprint density at radius 3 is 2.09 bits per heavy atom. The van der Waals surface area contributed by atoms with Crippen molar-refractivity contribution in [2.24, 2.45) is 0 Å². The number of hydrogen-bond donors (Lipinski definition) is 2. The second-order valence-electron chi connectivity index (χ2n) is 7.76. The Kier molecular flexibility index (Phi) is 16.2. The van der Waals surface area contributed by atoms with E-state index in [1.165, 1.54) is 32.8 Å². The highest BCUT2D eigenvalue weighted by atomic mass is 16.5. The summed E-state index contributed by atoms with van der Waals surface area (Å²) in [4.78, 5) is 12.0. The van der Waals surface area contributed by atoms with E-state index in [4.69, 9.17) is 4.74 Å². The number of methoxy groups -OCH3 is 1. The Labute approximate surface area is 194 Å². The van der Waals surface area contributed by atoms with Crippen LogP contribution in [0.4, 0.5) is 0 Å². The van der Waals surface area contributed by atoms with Gasteiger partial charge in [-0.2, -0.15) is 0 Å². The third kappa shape index (κ3) is 14.3. The molecule has 1 rings (SSSR count). The Balaban J connectivity index is 2.03. The number of rotatable bonds is 17. The molecule has 0 heterocycles. The third-order valence-electron chi connectivity index (χ3n) is 4.97. The van der Waals surface area contributed by atoms with Gasteiger partial charge in [-0.05, 0) is 62.6 Å². The van der Waals surface area contributed by atoms with E-state index in [2.05, 4.69) is 60.8 Å². The van der Waals surface area contributed by atoms with Crippen LogP contribution in [0, 0.1) is 0 Å². The van der Waals surface area contributed by atoms with Gasteiger partial charge in [0.1, 0.15) is 0 Å². The summed E-state index contributed by atoms with van der Waals surface area (Å²) in [5.74, 6) is 0.548. The van der Waals surface area contributed by atoms with E-state index in [-0.39, 0.29) is 11.7 Å². The number of unbranched alkanes of at least 4 members (excludes halogenated alkanes) is 4. The van der Waals surface area contributed by atoms with E-state index in [1.807, 2.05) is 0 Å². The number of nitrogens with one attached hydrogen (secondary N) is 1. The molecule has 0 saturated heterocycles. The van der Waals surface area contributed by atoms with Crippen LogP contribution in [-0.4, -0.2) is 18.1 Å². The maximum Gasteiger partial charge on any atom is 0.220 e. The largest absolute Gasteiger partial charge is 0.504 e. The normalized spacial score (nSPS) is 11.9. The summed E-state index contributed by atoms with van der Waals surface area (Å²) < 4.78 is 5.08. The maximum absolute atomic E-state index is 12.0. The minimum absolute atomic E-state index is 0.0351. The highest BCUT2D eigenvalue weighted by Gasteiger charge is 2.04. The third-order valence-corrected chi connectivity index (χ3v) is 4.97. The van der Waals surface area contributed by atoms with Crippen molar-refractivity contribution >= 4 is 5.91 Å². The van der Waals surface area contributed by atoms with E-state index < -0.39 is 0 Å². The van der Waals surface area contributed by atoms with Gasteiger partial charge in [0.25, 0.3) is 0 Å². The summed E-state index contributed by atoms with van der Waals surface area (Å²) in [6.07, 6.45) is 27.9. The summed E-state index contributed by atoms with van der Waals surface area (Å²) in [7, 11) is 1.51. The molecular weight excluding hydrogens is 398 g/mol. The van der Waals surface area contributed by atoms with Crippen molar-refractivity contribution in [2.75, 3.05) is 7.11 Å². The first-order valence-electron chi connectivity index (χ1n) is 11.9. The lowest BCUT2D eigenvalue weighted by Gasteiger charge is -2.08. The first kappa shape index (κ1) is 27.3. The predicted octanol–water partition coefficient (Wildman–Crippen LogP) is 7.16. The molecule has 0 aromatic heterocycles. The number of carbonyl (C=O) groups excluding carboxylic acids is 1. The summed E-state index contributed by atoms with van der Waals surface area (Å²) in [6.45, 7) is 2.66. The van der Waals surface area contributed by atoms with Gasteiger partial charge in [-0.15, -0.1) is 0 Å². The summed E-state index contributed by atoms with van der Waals surface area (Å²) >= 11 is 0. The molecule has 0 saturated carbocycles. The van der Waals surface area contributed by atoms with E-state index >= 15 is 0 Å². The molecule has 1 aromatic rings. The number of benzene rings is 1. The lowest BCUT2D eigenvalue weighted by molar-refractivity contribution is -0.121. The first-order chi connectivity index (χ1) is 15.7. The zero-order chi connectivity index (χ0) is 23.3. The molecule has 0 unspecified atom stereocenters. The monoisotopic (exact) mass is 439 g/mol. The van der Waals surface area contributed by atoms with Crippen molar-refractivity contribution in [1.82, 2.24) is 5.32 Å². The molecular formula is C28H41NO3. The number of amides is 1. The van der Waals surface area contributed by atoms with Crippen LogP contribution in [0.15, 0.2) is 66.8 Å². The second kappa shape index (κ2) is 19.0. The SMILES string of the molecule is CCCCC/C=C/C/C=C/C/C=C\C/C=C\CCCC(=O)NCc1ccc(O)c(OC)c1. The number of phenols is 1. The molecule has 1 aromatic carbocycles. The number of phenolic OH excluding ortho intramolecular Hbond substituents is 1. The van der Waals surface area contributed by atoms with Gasteiger partial charge in [-0.1, -0.05) is 74.4 Å². The van der Waals surface area contributed by atoms with Gasteiger partial charge in [0, 0.05) is 13.0 Å². The molecule has 1 amide bonds. The molecule has 4 nitrogen and oxygen atoms in total. The fourth-order valence-corrected chi connectivity index (χ4v) is 3.06. The van der Waals surface area contributed by atoms with Gasteiger partial charge in [-0.25, -0.2) is 0 Å². The van der Waals surface area contributed by atoms with Crippen LogP contribution in [-0.2, 0) is 11.3 Å². The zero-order valence-corrected chi connectivity index (χ0v) is 19.9. The molecule has 0 fully saturated rings. The van der Waals surface area contributed by atoms with Crippen molar-refractivity contribution in [3.05, 3.63) is 72.4 Å². The quantitative estimate of drug-likeness (QED) is 0.200. The van der Waals surface area contributed by atoms with Crippen LogP contribution < -0.4 is 10.1 Å². The molecule has 0 bridgehead atoms. The summed E-state index contributed by atoms with van der Waals surface area (Å²) in [5.41, 5.74) is 0.897. The molecule has 4 heteroatoms. The van der Waals surface area contributed by atoms with E-state index in [0.717, 1.165) is 37.7 Å². The van der Waals surface area contributed by atoms with Crippen molar-refractivity contribution < 1.29 is 14.6 Å². The standard InChI is InChI=1S/C28H41NO3/c1-3-4-5-6-7-8-9-10-11-12-13-14-15-16-17-18-19-20-28(31)29-24-25-21-22-26(30)27(23-25)32-2/h7-8,10-11,13-14,16-17,21-23,30H,3-6,9,12,15,18-20,24H2,1-2H3,(H,29,31)/b8-7+,11-10+,14-13-,17-16-. The summed E-state index contributed by atoms with van der Waals surface area (Å²) in [5, 5.41) is 12.5. The molecule has 0 radical (unpaired) electrons. The molecule has 0 aliphatic carbocycles. The topological polar surface area (TPSA) is 58.6 Å². The zero-order valence-electron chi connectivity index (χ0n) is 19.9. The van der Waals surface area contributed by atoms with Crippen LogP contribution in [0.5, 0.6) is 11.5 Å². The average Bonchev–Trinajstić information content (AvgIpc) is 2.80. The smallest absolute Gasteiger partial charge is 0.220 e. The molecule has 0 atom stereocenters. The molecule has 0 aliphatic rings. The van der Waals surface area contributed by atoms with Crippen LogP contribution in [0.3, 0.4) is 0 Å². The predicted molar refractivity (Wildman–Crippen MR) is 135 cm³/mol. The van der Waals surface area contributed by atoms with Gasteiger partial charge in [0.15, 0.2) is 11.5 Å². The molecule has 176 valence electrons. The lowest BCUT2D eigenvalue weighted by atomic mass is 10.2. The lowest BCUT2D eigenvalue weighted by Crippen LogP contribution is -2.22. The van der Waals surface area contributed by atoms with Crippen LogP contribution in [0.2, 0.25) is 0 Å². The number of allylic oxidation sites excluding steroid dienone is 8. The Morgan fingerprint density at radius 1 is 0.906 bits per heavy atom.